The lowest BCUT2D eigenvalue weighted by molar-refractivity contribution is -0.117. The van der Waals surface area contributed by atoms with Crippen molar-refractivity contribution < 1.29 is 14.3 Å². The van der Waals surface area contributed by atoms with E-state index < -0.39 is 11.8 Å². The van der Waals surface area contributed by atoms with E-state index >= 15 is 0 Å². The van der Waals surface area contributed by atoms with Crippen molar-refractivity contribution in [3.05, 3.63) is 74.4 Å². The van der Waals surface area contributed by atoms with Crippen LogP contribution < -0.4 is 15.6 Å². The topological polar surface area (TPSA) is 85.2 Å². The molecule has 7 nitrogen and oxygen atoms in total. The van der Waals surface area contributed by atoms with Crippen LogP contribution in [-0.2, 0) is 18.4 Å². The molecule has 0 saturated carbocycles. The molecule has 0 spiro atoms. The van der Waals surface area contributed by atoms with Crippen molar-refractivity contribution in [1.82, 2.24) is 20.4 Å². The summed E-state index contributed by atoms with van der Waals surface area (Å²) in [6, 6.07) is 9.02. The molecular weight excluding hydrogens is 456 g/mol. The van der Waals surface area contributed by atoms with Crippen LogP contribution in [-0.4, -0.2) is 21.4 Å². The molecule has 0 aliphatic heterocycles. The van der Waals surface area contributed by atoms with Gasteiger partial charge in [0.15, 0.2) is 0 Å². The van der Waals surface area contributed by atoms with Crippen LogP contribution in [0.1, 0.15) is 26.8 Å². The van der Waals surface area contributed by atoms with Gasteiger partial charge in [-0.3, -0.25) is 20.4 Å². The normalized spacial score (nSPS) is 10.9. The fraction of sp³-hybridized carbons (Fsp3) is 0.150. The lowest BCUT2D eigenvalue weighted by Gasteiger charge is -2.06. The molecule has 2 aromatic heterocycles. The van der Waals surface area contributed by atoms with E-state index in [4.69, 9.17) is 4.74 Å². The highest BCUT2D eigenvalue weighted by Crippen LogP contribution is 2.17. The maximum atomic E-state index is 12.1. The molecule has 3 rings (SSSR count). The molecule has 2 N–H and O–H groups in total. The van der Waals surface area contributed by atoms with Crippen LogP contribution in [0.25, 0.3) is 6.08 Å². The summed E-state index contributed by atoms with van der Waals surface area (Å²) >= 11 is 4.88. The number of aromatic nitrogens is 2. The first kappa shape index (κ1) is 20.8. The molecule has 150 valence electrons. The van der Waals surface area contributed by atoms with Gasteiger partial charge in [-0.15, -0.1) is 11.3 Å². The number of benzene rings is 1. The minimum absolute atomic E-state index is 0.388. The van der Waals surface area contributed by atoms with E-state index in [9.17, 15) is 9.59 Å². The summed E-state index contributed by atoms with van der Waals surface area (Å²) in [5.74, 6) is -0.177. The van der Waals surface area contributed by atoms with E-state index in [1.54, 1.807) is 41.3 Å². The number of aryl methyl sites for hydroxylation is 2. The predicted octanol–water partition coefficient (Wildman–Crippen LogP) is 3.61. The second-order valence-corrected chi connectivity index (χ2v) is 8.13. The van der Waals surface area contributed by atoms with E-state index in [1.807, 2.05) is 36.6 Å². The van der Waals surface area contributed by atoms with Gasteiger partial charge in [0, 0.05) is 29.2 Å². The predicted molar refractivity (Wildman–Crippen MR) is 115 cm³/mol. The zero-order valence-electron chi connectivity index (χ0n) is 15.8. The third kappa shape index (κ3) is 6.03. The number of amides is 2. The van der Waals surface area contributed by atoms with Crippen molar-refractivity contribution in [2.75, 3.05) is 0 Å². The number of rotatable bonds is 6. The third-order valence-electron chi connectivity index (χ3n) is 3.84. The Morgan fingerprint density at radius 3 is 2.83 bits per heavy atom. The Balaban J connectivity index is 1.51. The summed E-state index contributed by atoms with van der Waals surface area (Å²) in [6.45, 7) is 2.34. The maximum absolute atomic E-state index is 12.1. The van der Waals surface area contributed by atoms with Crippen molar-refractivity contribution in [3.8, 4) is 5.75 Å². The van der Waals surface area contributed by atoms with Crippen LogP contribution >= 0.6 is 27.3 Å². The number of hydrogen-bond donors (Lipinski definition) is 2. The average molecular weight is 475 g/mol. The SMILES string of the molecule is Cc1nc(COc2cccc(/C=C/C(=O)NNC(=O)c3cc(Br)cn3C)c2)cs1. The molecular formula is C20H19BrN4O3S. The van der Waals surface area contributed by atoms with Gasteiger partial charge in [0.1, 0.15) is 18.1 Å². The van der Waals surface area contributed by atoms with Gasteiger partial charge in [-0.25, -0.2) is 4.98 Å². The largest absolute Gasteiger partial charge is 0.487 e. The third-order valence-corrected chi connectivity index (χ3v) is 5.10. The Labute approximate surface area is 180 Å². The van der Waals surface area contributed by atoms with Crippen LogP contribution in [0.4, 0.5) is 0 Å². The second-order valence-electron chi connectivity index (χ2n) is 6.15. The van der Waals surface area contributed by atoms with E-state index in [0.29, 0.717) is 18.1 Å². The number of halogens is 1. The highest BCUT2D eigenvalue weighted by Gasteiger charge is 2.11. The van der Waals surface area contributed by atoms with Crippen molar-refractivity contribution in [1.29, 1.82) is 0 Å². The first-order valence-corrected chi connectivity index (χ1v) is 10.3. The number of thiazole rings is 1. The molecule has 2 amide bonds. The van der Waals surface area contributed by atoms with Crippen LogP contribution in [0.15, 0.2) is 52.5 Å². The summed E-state index contributed by atoms with van der Waals surface area (Å²) in [5, 5.41) is 2.96. The van der Waals surface area contributed by atoms with Crippen molar-refractivity contribution in [3.63, 3.8) is 0 Å². The van der Waals surface area contributed by atoms with Crippen molar-refractivity contribution in [2.24, 2.45) is 7.05 Å². The summed E-state index contributed by atoms with van der Waals surface area (Å²) in [7, 11) is 1.74. The van der Waals surface area contributed by atoms with Gasteiger partial charge in [-0.2, -0.15) is 0 Å². The number of carbonyl (C=O) groups excluding carboxylic acids is 2. The molecule has 0 fully saturated rings. The van der Waals surface area contributed by atoms with Crippen LogP contribution in [0, 0.1) is 6.92 Å². The molecule has 2 heterocycles. The number of hydrazine groups is 1. The molecule has 0 aliphatic carbocycles. The molecule has 0 bridgehead atoms. The second kappa shape index (κ2) is 9.53. The number of nitrogens with one attached hydrogen (secondary N) is 2. The van der Waals surface area contributed by atoms with Gasteiger partial charge in [0.2, 0.25) is 0 Å². The fourth-order valence-corrected chi connectivity index (χ4v) is 3.61. The fourth-order valence-electron chi connectivity index (χ4n) is 2.49. The Bertz CT molecular complexity index is 1060. The zero-order valence-corrected chi connectivity index (χ0v) is 18.2. The standard InChI is InChI=1S/C20H19BrN4O3S/c1-13-22-16(12-29-13)11-28-17-5-3-4-14(8-17)6-7-19(26)23-24-20(27)18-9-15(21)10-25(18)2/h3-10,12H,11H2,1-2H3,(H,23,26)(H,24,27)/b7-6+. The maximum Gasteiger partial charge on any atom is 0.286 e. The molecule has 0 unspecified atom stereocenters. The van der Waals surface area contributed by atoms with Crippen molar-refractivity contribution >= 4 is 45.2 Å². The van der Waals surface area contributed by atoms with Crippen LogP contribution in [0.3, 0.4) is 0 Å². The lowest BCUT2D eigenvalue weighted by atomic mass is 10.2. The quantitative estimate of drug-likeness (QED) is 0.422. The highest BCUT2D eigenvalue weighted by atomic mass is 79.9. The van der Waals surface area contributed by atoms with Gasteiger partial charge in [-0.1, -0.05) is 12.1 Å². The van der Waals surface area contributed by atoms with Gasteiger partial charge in [-0.05, 0) is 52.7 Å². The number of nitrogens with zero attached hydrogens (tertiary/aromatic N) is 2. The summed E-state index contributed by atoms with van der Waals surface area (Å²) < 4.78 is 8.17. The molecule has 3 aromatic rings. The Hall–Kier alpha value is -2.91. The van der Waals surface area contributed by atoms with E-state index in [1.165, 1.54) is 6.08 Å². The zero-order chi connectivity index (χ0) is 20.8. The Morgan fingerprint density at radius 1 is 1.31 bits per heavy atom. The molecule has 0 aliphatic rings. The number of ether oxygens (including phenoxy) is 1. The monoisotopic (exact) mass is 474 g/mol. The first-order chi connectivity index (χ1) is 13.9. The van der Waals surface area contributed by atoms with E-state index in [2.05, 4.69) is 31.8 Å². The minimum Gasteiger partial charge on any atom is -0.487 e. The molecule has 0 radical (unpaired) electrons. The summed E-state index contributed by atoms with van der Waals surface area (Å²) in [4.78, 5) is 28.4. The van der Waals surface area contributed by atoms with E-state index in [-0.39, 0.29) is 0 Å². The van der Waals surface area contributed by atoms with Gasteiger partial charge in [0.05, 0.1) is 10.7 Å². The molecule has 1 aromatic carbocycles. The van der Waals surface area contributed by atoms with Gasteiger partial charge >= 0.3 is 0 Å². The number of carbonyl (C=O) groups is 2. The molecule has 29 heavy (non-hydrogen) atoms. The van der Waals surface area contributed by atoms with Gasteiger partial charge in [0.25, 0.3) is 11.8 Å². The lowest BCUT2D eigenvalue weighted by Crippen LogP contribution is -2.41. The Morgan fingerprint density at radius 2 is 2.14 bits per heavy atom. The minimum atomic E-state index is -0.448. The molecule has 0 atom stereocenters. The smallest absolute Gasteiger partial charge is 0.286 e. The molecule has 9 heteroatoms. The van der Waals surface area contributed by atoms with E-state index in [0.717, 1.165) is 20.7 Å². The number of hydrogen-bond acceptors (Lipinski definition) is 5. The summed E-state index contributed by atoms with van der Waals surface area (Å²) in [6.07, 6.45) is 4.73. The van der Waals surface area contributed by atoms with Gasteiger partial charge < -0.3 is 9.30 Å². The van der Waals surface area contributed by atoms with Crippen molar-refractivity contribution in [2.45, 2.75) is 13.5 Å². The average Bonchev–Trinajstić information content (AvgIpc) is 3.27. The Kier molecular flexibility index (Phi) is 6.84. The summed E-state index contributed by atoms with van der Waals surface area (Å²) in [5.41, 5.74) is 6.84. The van der Waals surface area contributed by atoms with Crippen LogP contribution in [0.2, 0.25) is 0 Å². The van der Waals surface area contributed by atoms with Crippen LogP contribution in [0.5, 0.6) is 5.75 Å². The first-order valence-electron chi connectivity index (χ1n) is 8.65. The highest BCUT2D eigenvalue weighted by molar-refractivity contribution is 9.10. The molecule has 0 saturated heterocycles.